The lowest BCUT2D eigenvalue weighted by Crippen LogP contribution is -2.29. The van der Waals surface area contributed by atoms with Gasteiger partial charge in [-0.15, -0.1) is 0 Å². The van der Waals surface area contributed by atoms with Crippen LogP contribution in [0, 0.1) is 0 Å². The summed E-state index contributed by atoms with van der Waals surface area (Å²) < 4.78 is 4.81. The molecule has 0 aromatic carbocycles. The Hall–Kier alpha value is -1.36. The molecule has 1 aromatic heterocycles. The van der Waals surface area contributed by atoms with Crippen LogP contribution >= 0.6 is 12.2 Å². The molecule has 0 unspecified atom stereocenters. The molecule has 1 heterocycles. The summed E-state index contributed by atoms with van der Waals surface area (Å²) in [6.07, 6.45) is 3.42. The second kappa shape index (κ2) is 4.76. The lowest BCUT2D eigenvalue weighted by Gasteiger charge is -2.15. The number of hydrogen-bond acceptors (Lipinski definition) is 3. The molecule has 4 nitrogen and oxygen atoms in total. The molecule has 0 bridgehead atoms. The number of nitrogens with two attached hydrogens (primary N) is 1. The minimum absolute atomic E-state index is 0.0880. The summed E-state index contributed by atoms with van der Waals surface area (Å²) in [6.45, 7) is 0.527. The summed E-state index contributed by atoms with van der Waals surface area (Å²) in [4.78, 5) is 13.6. The lowest BCUT2D eigenvalue weighted by molar-refractivity contribution is 0.0798. The van der Waals surface area contributed by atoms with Crippen LogP contribution in [0.25, 0.3) is 0 Å². The molecule has 0 aliphatic rings. The third-order valence-corrected chi connectivity index (χ3v) is 2.01. The van der Waals surface area contributed by atoms with Crippen molar-refractivity contribution in [1.82, 2.24) is 4.90 Å². The molecule has 0 saturated heterocycles. The van der Waals surface area contributed by atoms with Crippen LogP contribution in [0.1, 0.15) is 16.8 Å². The largest absolute Gasteiger partial charge is 0.472 e. The quantitative estimate of drug-likeness (QED) is 0.757. The minimum Gasteiger partial charge on any atom is -0.472 e. The number of furan rings is 1. The van der Waals surface area contributed by atoms with E-state index in [1.165, 1.54) is 12.5 Å². The van der Waals surface area contributed by atoms with Gasteiger partial charge in [-0.1, -0.05) is 12.2 Å². The van der Waals surface area contributed by atoms with E-state index in [-0.39, 0.29) is 5.91 Å². The van der Waals surface area contributed by atoms with Gasteiger partial charge in [-0.25, -0.2) is 0 Å². The first kappa shape index (κ1) is 10.7. The SMILES string of the molecule is CN(CCC(N)=S)C(=O)c1ccoc1. The number of rotatable bonds is 4. The summed E-state index contributed by atoms with van der Waals surface area (Å²) in [5.41, 5.74) is 5.87. The van der Waals surface area contributed by atoms with Gasteiger partial charge >= 0.3 is 0 Å². The zero-order valence-corrected chi connectivity index (χ0v) is 8.71. The zero-order valence-electron chi connectivity index (χ0n) is 7.90. The number of hydrogen-bond donors (Lipinski definition) is 1. The van der Waals surface area contributed by atoms with Crippen LogP contribution in [-0.2, 0) is 0 Å². The summed E-state index contributed by atoms with van der Waals surface area (Å²) in [6, 6.07) is 1.62. The first-order chi connectivity index (χ1) is 6.61. The Labute approximate surface area is 87.7 Å². The minimum atomic E-state index is -0.0880. The van der Waals surface area contributed by atoms with Crippen molar-refractivity contribution in [3.8, 4) is 0 Å². The number of carbonyl (C=O) groups is 1. The molecular formula is C9H12N2O2S. The molecule has 0 saturated carbocycles. The predicted molar refractivity (Wildman–Crippen MR) is 57.1 cm³/mol. The highest BCUT2D eigenvalue weighted by Gasteiger charge is 2.12. The molecular weight excluding hydrogens is 200 g/mol. The van der Waals surface area contributed by atoms with Crippen LogP contribution < -0.4 is 5.73 Å². The molecule has 2 N–H and O–H groups in total. The number of nitrogens with zero attached hydrogens (tertiary/aromatic N) is 1. The van der Waals surface area contributed by atoms with E-state index >= 15 is 0 Å². The molecule has 0 atom stereocenters. The smallest absolute Gasteiger partial charge is 0.256 e. The highest BCUT2D eigenvalue weighted by Crippen LogP contribution is 2.04. The molecule has 76 valence electrons. The second-order valence-electron chi connectivity index (χ2n) is 2.96. The van der Waals surface area contributed by atoms with E-state index in [1.807, 2.05) is 0 Å². The lowest BCUT2D eigenvalue weighted by atomic mass is 10.3. The fourth-order valence-corrected chi connectivity index (χ4v) is 1.08. The van der Waals surface area contributed by atoms with Crippen molar-refractivity contribution in [1.29, 1.82) is 0 Å². The van der Waals surface area contributed by atoms with E-state index in [0.29, 0.717) is 23.5 Å². The Morgan fingerprint density at radius 3 is 2.93 bits per heavy atom. The number of amides is 1. The van der Waals surface area contributed by atoms with Crippen LogP contribution in [0.4, 0.5) is 0 Å². The van der Waals surface area contributed by atoms with Crippen molar-refractivity contribution in [3.05, 3.63) is 24.2 Å². The Balaban J connectivity index is 2.49. The maximum atomic E-state index is 11.6. The van der Waals surface area contributed by atoms with Gasteiger partial charge in [0.1, 0.15) is 6.26 Å². The average Bonchev–Trinajstić information content (AvgIpc) is 2.65. The van der Waals surface area contributed by atoms with Crippen LogP contribution in [0.5, 0.6) is 0 Å². The summed E-state index contributed by atoms with van der Waals surface area (Å²) in [7, 11) is 1.70. The van der Waals surface area contributed by atoms with Crippen LogP contribution in [0.2, 0.25) is 0 Å². The van der Waals surface area contributed by atoms with E-state index in [9.17, 15) is 4.79 Å². The second-order valence-corrected chi connectivity index (χ2v) is 3.48. The first-order valence-electron chi connectivity index (χ1n) is 4.17. The monoisotopic (exact) mass is 212 g/mol. The summed E-state index contributed by atoms with van der Waals surface area (Å²) >= 11 is 4.72. The van der Waals surface area contributed by atoms with Gasteiger partial charge in [-0.2, -0.15) is 0 Å². The topological polar surface area (TPSA) is 59.5 Å². The third-order valence-electron chi connectivity index (χ3n) is 1.81. The highest BCUT2D eigenvalue weighted by atomic mass is 32.1. The highest BCUT2D eigenvalue weighted by molar-refractivity contribution is 7.80. The number of carbonyl (C=O) groups excluding carboxylic acids is 1. The molecule has 0 aliphatic heterocycles. The van der Waals surface area contributed by atoms with E-state index in [4.69, 9.17) is 22.4 Å². The van der Waals surface area contributed by atoms with Gasteiger partial charge in [0.15, 0.2) is 0 Å². The molecule has 1 aromatic rings. The molecule has 5 heteroatoms. The maximum absolute atomic E-state index is 11.6. The van der Waals surface area contributed by atoms with Gasteiger partial charge in [0.25, 0.3) is 5.91 Å². The van der Waals surface area contributed by atoms with Crippen LogP contribution in [0.15, 0.2) is 23.0 Å². The van der Waals surface area contributed by atoms with Crippen molar-refractivity contribution >= 4 is 23.1 Å². The van der Waals surface area contributed by atoms with E-state index in [0.717, 1.165) is 0 Å². The van der Waals surface area contributed by atoms with E-state index < -0.39 is 0 Å². The predicted octanol–water partition coefficient (Wildman–Crippen LogP) is 1.03. The van der Waals surface area contributed by atoms with Gasteiger partial charge in [0.2, 0.25) is 0 Å². The van der Waals surface area contributed by atoms with Crippen LogP contribution in [0.3, 0.4) is 0 Å². The standard InChI is InChI=1S/C9H12N2O2S/c1-11(4-2-8(10)14)9(12)7-3-5-13-6-7/h3,5-6H,2,4H2,1H3,(H2,10,14). The maximum Gasteiger partial charge on any atom is 0.256 e. The molecule has 1 amide bonds. The average molecular weight is 212 g/mol. The Morgan fingerprint density at radius 2 is 2.43 bits per heavy atom. The molecule has 0 radical (unpaired) electrons. The van der Waals surface area contributed by atoms with Crippen molar-refractivity contribution in [2.24, 2.45) is 5.73 Å². The molecule has 0 fully saturated rings. The van der Waals surface area contributed by atoms with Crippen molar-refractivity contribution in [2.75, 3.05) is 13.6 Å². The Kier molecular flexibility index (Phi) is 3.64. The van der Waals surface area contributed by atoms with E-state index in [1.54, 1.807) is 18.0 Å². The van der Waals surface area contributed by atoms with Crippen LogP contribution in [-0.4, -0.2) is 29.4 Å². The Bertz CT molecular complexity index is 322. The Morgan fingerprint density at radius 1 is 1.71 bits per heavy atom. The zero-order chi connectivity index (χ0) is 10.6. The molecule has 0 aliphatic carbocycles. The van der Waals surface area contributed by atoms with Crippen molar-refractivity contribution in [3.63, 3.8) is 0 Å². The normalized spacial score (nSPS) is 9.79. The fraction of sp³-hybridized carbons (Fsp3) is 0.333. The van der Waals surface area contributed by atoms with Gasteiger partial charge in [0.05, 0.1) is 16.8 Å². The van der Waals surface area contributed by atoms with Crippen molar-refractivity contribution in [2.45, 2.75) is 6.42 Å². The van der Waals surface area contributed by atoms with E-state index in [2.05, 4.69) is 0 Å². The third kappa shape index (κ3) is 2.85. The van der Waals surface area contributed by atoms with Crippen molar-refractivity contribution < 1.29 is 9.21 Å². The van der Waals surface area contributed by atoms with Gasteiger partial charge in [-0.3, -0.25) is 4.79 Å². The molecule has 0 spiro atoms. The number of thiocarbonyl (C=S) groups is 1. The fourth-order valence-electron chi connectivity index (χ4n) is 0.986. The first-order valence-corrected chi connectivity index (χ1v) is 4.58. The summed E-state index contributed by atoms with van der Waals surface area (Å²) in [5.74, 6) is -0.0880. The molecule has 1 rings (SSSR count). The van der Waals surface area contributed by atoms with Gasteiger partial charge in [0, 0.05) is 20.0 Å². The summed E-state index contributed by atoms with van der Waals surface area (Å²) in [5, 5.41) is 0. The van der Waals surface area contributed by atoms with Gasteiger partial charge < -0.3 is 15.1 Å². The molecule has 14 heavy (non-hydrogen) atoms. The van der Waals surface area contributed by atoms with Gasteiger partial charge in [-0.05, 0) is 6.07 Å².